The van der Waals surface area contributed by atoms with Crippen molar-refractivity contribution in [1.82, 2.24) is 0 Å². The van der Waals surface area contributed by atoms with E-state index in [4.69, 9.17) is 0 Å². The van der Waals surface area contributed by atoms with Gasteiger partial charge in [0.05, 0.1) is 23.6 Å². The number of aryl methyl sites for hydroxylation is 2. The zero-order valence-electron chi connectivity index (χ0n) is 14.9. The van der Waals surface area contributed by atoms with Crippen LogP contribution in [0.3, 0.4) is 0 Å². The molecule has 2 fully saturated rings. The number of para-hydroxylation sites is 1. The molecule has 4 rings (SSSR count). The van der Waals surface area contributed by atoms with Gasteiger partial charge in [-0.2, -0.15) is 0 Å². The summed E-state index contributed by atoms with van der Waals surface area (Å²) in [5.41, 5.74) is 3.73. The maximum Gasteiger partial charge on any atom is 0.329 e. The lowest BCUT2D eigenvalue weighted by molar-refractivity contribution is 0.255. The molecule has 0 aliphatic carbocycles. The van der Waals surface area contributed by atoms with Crippen molar-refractivity contribution in [3.8, 4) is 0 Å². The summed E-state index contributed by atoms with van der Waals surface area (Å²) in [6.07, 6.45) is 0.786. The van der Waals surface area contributed by atoms with Crippen LogP contribution in [0.15, 0.2) is 48.5 Å². The van der Waals surface area contributed by atoms with E-state index in [1.807, 2.05) is 62.4 Å². The molecule has 0 aromatic heterocycles. The van der Waals surface area contributed by atoms with E-state index in [-0.39, 0.29) is 29.6 Å². The van der Waals surface area contributed by atoms with E-state index in [2.05, 4.69) is 0 Å². The third-order valence-corrected chi connectivity index (χ3v) is 7.01. The molecule has 0 N–H and O–H groups in total. The van der Waals surface area contributed by atoms with E-state index in [0.717, 1.165) is 28.9 Å². The predicted molar refractivity (Wildman–Crippen MR) is 104 cm³/mol. The predicted octanol–water partition coefficient (Wildman–Crippen LogP) is 3.17. The SMILES string of the molecule is CCc1ccccc1N1C(=O)N(c2ccc(C)cc2)C2CS(=O)(=O)CC21. The summed E-state index contributed by atoms with van der Waals surface area (Å²) in [6, 6.07) is 14.6. The third kappa shape index (κ3) is 2.69. The van der Waals surface area contributed by atoms with Crippen LogP contribution < -0.4 is 9.80 Å². The van der Waals surface area contributed by atoms with Gasteiger partial charge >= 0.3 is 6.03 Å². The van der Waals surface area contributed by atoms with Crippen LogP contribution in [-0.4, -0.2) is 38.0 Å². The summed E-state index contributed by atoms with van der Waals surface area (Å²) in [7, 11) is -3.17. The Hall–Kier alpha value is -2.34. The van der Waals surface area contributed by atoms with Crippen LogP contribution >= 0.6 is 0 Å². The topological polar surface area (TPSA) is 57.7 Å². The van der Waals surface area contributed by atoms with Gasteiger partial charge in [0, 0.05) is 11.4 Å². The largest absolute Gasteiger partial charge is 0.329 e. The number of fused-ring (bicyclic) bond motifs is 1. The summed E-state index contributed by atoms with van der Waals surface area (Å²) in [5.74, 6) is 0.0336. The maximum absolute atomic E-state index is 13.3. The Morgan fingerprint density at radius 3 is 2.23 bits per heavy atom. The molecule has 2 saturated heterocycles. The second-order valence-corrected chi connectivity index (χ2v) is 9.21. The Balaban J connectivity index is 1.83. The molecule has 2 aliphatic heterocycles. The molecule has 5 nitrogen and oxygen atoms in total. The van der Waals surface area contributed by atoms with E-state index in [0.29, 0.717) is 0 Å². The molecular formula is C20H22N2O3S. The second kappa shape index (κ2) is 6.13. The zero-order valence-corrected chi connectivity index (χ0v) is 15.7. The summed E-state index contributed by atoms with van der Waals surface area (Å²) in [6.45, 7) is 4.03. The molecule has 2 aliphatic rings. The molecule has 2 aromatic carbocycles. The number of anilines is 2. The number of nitrogens with zero attached hydrogens (tertiary/aromatic N) is 2. The fraction of sp³-hybridized carbons (Fsp3) is 0.350. The number of carbonyl (C=O) groups excluding carboxylic acids is 1. The summed E-state index contributed by atoms with van der Waals surface area (Å²) >= 11 is 0. The molecular weight excluding hydrogens is 348 g/mol. The van der Waals surface area contributed by atoms with Crippen molar-refractivity contribution in [2.45, 2.75) is 32.4 Å². The molecule has 0 spiro atoms. The fourth-order valence-corrected chi connectivity index (χ4v) is 5.96. The number of benzene rings is 2. The quantitative estimate of drug-likeness (QED) is 0.780. The van der Waals surface area contributed by atoms with E-state index < -0.39 is 9.84 Å². The summed E-state index contributed by atoms with van der Waals surface area (Å²) < 4.78 is 24.7. The molecule has 2 amide bonds. The highest BCUT2D eigenvalue weighted by molar-refractivity contribution is 7.91. The van der Waals surface area contributed by atoms with Crippen molar-refractivity contribution in [1.29, 1.82) is 0 Å². The van der Waals surface area contributed by atoms with Gasteiger partial charge in [-0.1, -0.05) is 42.8 Å². The van der Waals surface area contributed by atoms with Gasteiger partial charge in [-0.25, -0.2) is 13.2 Å². The Labute approximate surface area is 154 Å². The number of amides is 2. The summed E-state index contributed by atoms with van der Waals surface area (Å²) in [5, 5.41) is 0. The van der Waals surface area contributed by atoms with Gasteiger partial charge in [0.15, 0.2) is 9.84 Å². The summed E-state index contributed by atoms with van der Waals surface area (Å²) in [4.78, 5) is 16.7. The van der Waals surface area contributed by atoms with E-state index in [1.54, 1.807) is 9.80 Å². The molecule has 0 bridgehead atoms. The number of rotatable bonds is 3. The molecule has 2 atom stereocenters. The molecule has 0 saturated carbocycles. The minimum atomic E-state index is -3.17. The van der Waals surface area contributed by atoms with Gasteiger partial charge in [0.25, 0.3) is 0 Å². The standard InChI is InChI=1S/C20H22N2O3S/c1-3-15-6-4-5-7-17(15)22-19-13-26(24,25)12-18(19)21(20(22)23)16-10-8-14(2)9-11-16/h4-11,18-19H,3,12-13H2,1-2H3. The van der Waals surface area contributed by atoms with Gasteiger partial charge in [0.2, 0.25) is 0 Å². The number of hydrogen-bond donors (Lipinski definition) is 0. The van der Waals surface area contributed by atoms with Crippen molar-refractivity contribution in [2.75, 3.05) is 21.3 Å². The first-order valence-corrected chi connectivity index (χ1v) is 10.7. The van der Waals surface area contributed by atoms with Crippen LogP contribution in [0.5, 0.6) is 0 Å². The minimum Gasteiger partial charge on any atom is -0.288 e. The average molecular weight is 370 g/mol. The number of sulfone groups is 1. The lowest BCUT2D eigenvalue weighted by atomic mass is 10.1. The smallest absolute Gasteiger partial charge is 0.288 e. The molecule has 2 heterocycles. The van der Waals surface area contributed by atoms with Crippen LogP contribution in [0, 0.1) is 6.92 Å². The zero-order chi connectivity index (χ0) is 18.5. The molecule has 6 heteroatoms. The van der Waals surface area contributed by atoms with Crippen LogP contribution in [0.25, 0.3) is 0 Å². The van der Waals surface area contributed by atoms with Crippen LogP contribution in [0.2, 0.25) is 0 Å². The van der Waals surface area contributed by atoms with Crippen molar-refractivity contribution < 1.29 is 13.2 Å². The van der Waals surface area contributed by atoms with Gasteiger partial charge < -0.3 is 0 Å². The van der Waals surface area contributed by atoms with Gasteiger partial charge in [-0.15, -0.1) is 0 Å². The number of carbonyl (C=O) groups is 1. The van der Waals surface area contributed by atoms with Crippen molar-refractivity contribution in [3.05, 3.63) is 59.7 Å². The Bertz CT molecular complexity index is 953. The highest BCUT2D eigenvalue weighted by Crippen LogP contribution is 2.39. The molecule has 0 radical (unpaired) electrons. The monoisotopic (exact) mass is 370 g/mol. The Morgan fingerprint density at radius 1 is 0.962 bits per heavy atom. The molecule has 2 unspecified atom stereocenters. The van der Waals surface area contributed by atoms with Crippen LogP contribution in [0.1, 0.15) is 18.1 Å². The van der Waals surface area contributed by atoms with Crippen LogP contribution in [-0.2, 0) is 16.3 Å². The maximum atomic E-state index is 13.3. The van der Waals surface area contributed by atoms with E-state index in [1.165, 1.54) is 0 Å². The molecule has 136 valence electrons. The van der Waals surface area contributed by atoms with Crippen molar-refractivity contribution in [3.63, 3.8) is 0 Å². The molecule has 2 aromatic rings. The van der Waals surface area contributed by atoms with Gasteiger partial charge in [-0.3, -0.25) is 9.80 Å². The number of urea groups is 1. The van der Waals surface area contributed by atoms with Crippen molar-refractivity contribution in [2.24, 2.45) is 0 Å². The Kier molecular flexibility index (Phi) is 4.03. The average Bonchev–Trinajstić information content (AvgIpc) is 3.04. The highest BCUT2D eigenvalue weighted by Gasteiger charge is 2.54. The van der Waals surface area contributed by atoms with E-state index in [9.17, 15) is 13.2 Å². The van der Waals surface area contributed by atoms with Gasteiger partial charge in [-0.05, 0) is 37.1 Å². The number of hydrogen-bond acceptors (Lipinski definition) is 3. The first-order chi connectivity index (χ1) is 12.4. The van der Waals surface area contributed by atoms with E-state index >= 15 is 0 Å². The first kappa shape index (κ1) is 17.1. The second-order valence-electron chi connectivity index (χ2n) is 7.05. The normalized spacial score (nSPS) is 24.2. The Morgan fingerprint density at radius 2 is 1.58 bits per heavy atom. The van der Waals surface area contributed by atoms with Crippen molar-refractivity contribution >= 4 is 27.2 Å². The van der Waals surface area contributed by atoms with Crippen LogP contribution in [0.4, 0.5) is 16.2 Å². The first-order valence-electron chi connectivity index (χ1n) is 8.88. The lowest BCUT2D eigenvalue weighted by Crippen LogP contribution is -2.38. The lowest BCUT2D eigenvalue weighted by Gasteiger charge is -2.24. The highest BCUT2D eigenvalue weighted by atomic mass is 32.2. The third-order valence-electron chi connectivity index (χ3n) is 5.31. The molecule has 26 heavy (non-hydrogen) atoms. The minimum absolute atomic E-state index is 0.0159. The van der Waals surface area contributed by atoms with Gasteiger partial charge in [0.1, 0.15) is 0 Å². The fourth-order valence-electron chi connectivity index (χ4n) is 4.04.